The summed E-state index contributed by atoms with van der Waals surface area (Å²) in [5.74, 6) is 0.188. The normalized spacial score (nSPS) is 11.1. The minimum absolute atomic E-state index is 0.0358. The molecule has 0 saturated heterocycles. The van der Waals surface area contributed by atoms with Crippen LogP contribution in [0.3, 0.4) is 0 Å². The lowest BCUT2D eigenvalue weighted by atomic mass is 10.1. The van der Waals surface area contributed by atoms with Gasteiger partial charge in [-0.05, 0) is 20.2 Å². The molecule has 0 amide bonds. The number of Topliss-reactive ketones (excluding diaryl/α,β-unsaturated/α-hetero) is 1. The summed E-state index contributed by atoms with van der Waals surface area (Å²) in [6, 6.07) is 0. The molecule has 80 valence electrons. The average molecular weight is 197 g/mol. The summed E-state index contributed by atoms with van der Waals surface area (Å²) in [5.41, 5.74) is 0. The van der Waals surface area contributed by atoms with Crippen LogP contribution in [0.15, 0.2) is 12.2 Å². The van der Waals surface area contributed by atoms with Crippen LogP contribution in [-0.2, 0) is 9.59 Å². The molecular weight excluding hydrogens is 178 g/mol. The van der Waals surface area contributed by atoms with Crippen molar-refractivity contribution in [1.29, 1.82) is 0 Å². The van der Waals surface area contributed by atoms with E-state index in [1.807, 2.05) is 32.0 Å². The minimum atomic E-state index is 0.0358. The summed E-state index contributed by atoms with van der Waals surface area (Å²) < 4.78 is 0. The summed E-state index contributed by atoms with van der Waals surface area (Å²) in [6.07, 6.45) is 4.62. The molecule has 0 unspecified atom stereocenters. The number of likely N-dealkylation sites (N-methyl/N-ethyl adjacent to an activating group) is 1. The molecule has 0 bridgehead atoms. The number of hydrogen-bond donors (Lipinski definition) is 0. The van der Waals surface area contributed by atoms with Gasteiger partial charge in [0.25, 0.3) is 0 Å². The van der Waals surface area contributed by atoms with Crippen LogP contribution in [0.5, 0.6) is 0 Å². The molecule has 0 aliphatic carbocycles. The van der Waals surface area contributed by atoms with Crippen LogP contribution in [0.1, 0.15) is 26.2 Å². The Kier molecular flexibility index (Phi) is 6.93. The van der Waals surface area contributed by atoms with E-state index in [1.165, 1.54) is 0 Å². The summed E-state index contributed by atoms with van der Waals surface area (Å²) in [7, 11) is 3.88. The number of allylic oxidation sites excluding steroid dienone is 1. The van der Waals surface area contributed by atoms with E-state index in [4.69, 9.17) is 0 Å². The number of nitrogens with zero attached hydrogens (tertiary/aromatic N) is 1. The van der Waals surface area contributed by atoms with Gasteiger partial charge in [-0.15, -0.1) is 0 Å². The van der Waals surface area contributed by atoms with E-state index in [2.05, 4.69) is 0 Å². The Morgan fingerprint density at radius 3 is 2.36 bits per heavy atom. The molecule has 0 aromatic heterocycles. The smallest absolute Gasteiger partial charge is 0.155 e. The van der Waals surface area contributed by atoms with Crippen LogP contribution in [-0.4, -0.2) is 37.1 Å². The van der Waals surface area contributed by atoms with Gasteiger partial charge in [-0.1, -0.05) is 13.0 Å². The second kappa shape index (κ2) is 7.44. The number of carbonyl (C=O) groups is 2. The summed E-state index contributed by atoms with van der Waals surface area (Å²) >= 11 is 0. The number of hydrogen-bond acceptors (Lipinski definition) is 3. The molecule has 0 rings (SSSR count). The van der Waals surface area contributed by atoms with Crippen molar-refractivity contribution in [2.45, 2.75) is 26.2 Å². The van der Waals surface area contributed by atoms with E-state index in [0.29, 0.717) is 19.3 Å². The zero-order valence-electron chi connectivity index (χ0n) is 9.25. The molecule has 3 nitrogen and oxygen atoms in total. The molecule has 14 heavy (non-hydrogen) atoms. The first-order chi connectivity index (χ1) is 6.56. The Morgan fingerprint density at radius 2 is 1.86 bits per heavy atom. The van der Waals surface area contributed by atoms with Gasteiger partial charge in [0, 0.05) is 25.8 Å². The maximum atomic E-state index is 11.2. The Morgan fingerprint density at radius 1 is 1.21 bits per heavy atom. The minimum Gasteiger partial charge on any atom is -0.306 e. The zero-order valence-corrected chi connectivity index (χ0v) is 9.25. The van der Waals surface area contributed by atoms with Crippen LogP contribution < -0.4 is 0 Å². The van der Waals surface area contributed by atoms with E-state index in [-0.39, 0.29) is 11.6 Å². The number of carbonyl (C=O) groups excluding carboxylic acids is 2. The highest BCUT2D eigenvalue weighted by Crippen LogP contribution is 1.96. The SMILES string of the molecule is CCC(=O)CCC(=O)/C=C/CN(C)C. The fourth-order valence-corrected chi connectivity index (χ4v) is 0.918. The molecule has 0 heterocycles. The van der Waals surface area contributed by atoms with Crippen molar-refractivity contribution in [2.75, 3.05) is 20.6 Å². The van der Waals surface area contributed by atoms with Crippen molar-refractivity contribution in [3.05, 3.63) is 12.2 Å². The molecule has 0 aromatic rings. The first-order valence-corrected chi connectivity index (χ1v) is 4.92. The Balaban J connectivity index is 3.65. The third kappa shape index (κ3) is 7.68. The second-order valence-electron chi connectivity index (χ2n) is 3.52. The Bertz CT molecular complexity index is 219. The van der Waals surface area contributed by atoms with Gasteiger partial charge < -0.3 is 4.90 Å². The molecule has 3 heteroatoms. The van der Waals surface area contributed by atoms with Gasteiger partial charge in [0.2, 0.25) is 0 Å². The molecule has 0 radical (unpaired) electrons. The first kappa shape index (κ1) is 13.0. The standard InChI is InChI=1S/C11H19NO2/c1-4-10(13)7-8-11(14)6-5-9-12(2)3/h5-6H,4,7-9H2,1-3H3/b6-5+. The third-order valence-electron chi connectivity index (χ3n) is 1.82. The third-order valence-corrected chi connectivity index (χ3v) is 1.82. The van der Waals surface area contributed by atoms with Crippen molar-refractivity contribution in [1.82, 2.24) is 4.90 Å². The summed E-state index contributed by atoms with van der Waals surface area (Å²) in [5, 5.41) is 0. The van der Waals surface area contributed by atoms with E-state index in [9.17, 15) is 9.59 Å². The molecule has 0 spiro atoms. The van der Waals surface area contributed by atoms with E-state index >= 15 is 0 Å². The first-order valence-electron chi connectivity index (χ1n) is 4.92. The van der Waals surface area contributed by atoms with Crippen LogP contribution in [0, 0.1) is 0 Å². The van der Waals surface area contributed by atoms with E-state index in [1.54, 1.807) is 6.08 Å². The maximum Gasteiger partial charge on any atom is 0.155 e. The fraction of sp³-hybridized carbons (Fsp3) is 0.636. The number of rotatable bonds is 7. The van der Waals surface area contributed by atoms with Gasteiger partial charge in [0.1, 0.15) is 5.78 Å². The highest BCUT2D eigenvalue weighted by molar-refractivity contribution is 5.92. The monoisotopic (exact) mass is 197 g/mol. The second-order valence-corrected chi connectivity index (χ2v) is 3.52. The van der Waals surface area contributed by atoms with Crippen molar-refractivity contribution < 1.29 is 9.59 Å². The molecule has 0 aliphatic rings. The zero-order chi connectivity index (χ0) is 11.0. The van der Waals surface area contributed by atoms with Gasteiger partial charge in [0.05, 0.1) is 0 Å². The Hall–Kier alpha value is -0.960. The molecule has 0 aromatic carbocycles. The van der Waals surface area contributed by atoms with E-state index < -0.39 is 0 Å². The average Bonchev–Trinajstić information content (AvgIpc) is 2.13. The van der Waals surface area contributed by atoms with Gasteiger partial charge in [-0.25, -0.2) is 0 Å². The van der Waals surface area contributed by atoms with Crippen LogP contribution in [0.25, 0.3) is 0 Å². The lowest BCUT2D eigenvalue weighted by molar-refractivity contribution is -0.122. The predicted octanol–water partition coefficient (Wildman–Crippen LogP) is 1.43. The lowest BCUT2D eigenvalue weighted by Crippen LogP contribution is -2.11. The van der Waals surface area contributed by atoms with Gasteiger partial charge in [-0.2, -0.15) is 0 Å². The Labute approximate surface area is 85.8 Å². The molecule has 0 atom stereocenters. The quantitative estimate of drug-likeness (QED) is 0.579. The van der Waals surface area contributed by atoms with Gasteiger partial charge in [0.15, 0.2) is 5.78 Å². The van der Waals surface area contributed by atoms with Crippen LogP contribution in [0.2, 0.25) is 0 Å². The topological polar surface area (TPSA) is 37.4 Å². The lowest BCUT2D eigenvalue weighted by Gasteiger charge is -2.03. The molecular formula is C11H19NO2. The maximum absolute atomic E-state index is 11.2. The molecule has 0 aliphatic heterocycles. The predicted molar refractivity (Wildman–Crippen MR) is 57.2 cm³/mol. The van der Waals surface area contributed by atoms with Crippen LogP contribution >= 0.6 is 0 Å². The molecule has 0 N–H and O–H groups in total. The summed E-state index contributed by atoms with van der Waals surface area (Å²) in [4.78, 5) is 24.1. The van der Waals surface area contributed by atoms with Crippen molar-refractivity contribution in [2.24, 2.45) is 0 Å². The van der Waals surface area contributed by atoms with Crippen molar-refractivity contribution in [3.63, 3.8) is 0 Å². The van der Waals surface area contributed by atoms with Crippen molar-refractivity contribution >= 4 is 11.6 Å². The highest BCUT2D eigenvalue weighted by Gasteiger charge is 2.01. The van der Waals surface area contributed by atoms with E-state index in [0.717, 1.165) is 6.54 Å². The van der Waals surface area contributed by atoms with Crippen LogP contribution in [0.4, 0.5) is 0 Å². The highest BCUT2D eigenvalue weighted by atomic mass is 16.1. The number of ketones is 2. The van der Waals surface area contributed by atoms with Gasteiger partial charge >= 0.3 is 0 Å². The largest absolute Gasteiger partial charge is 0.306 e. The van der Waals surface area contributed by atoms with Crippen molar-refractivity contribution in [3.8, 4) is 0 Å². The molecule has 0 saturated carbocycles. The summed E-state index contributed by atoms with van der Waals surface area (Å²) in [6.45, 7) is 2.57. The molecule has 0 fully saturated rings. The van der Waals surface area contributed by atoms with Gasteiger partial charge in [-0.3, -0.25) is 9.59 Å². The fourth-order valence-electron chi connectivity index (χ4n) is 0.918.